The van der Waals surface area contributed by atoms with E-state index in [9.17, 15) is 4.79 Å². The predicted molar refractivity (Wildman–Crippen MR) is 115 cm³/mol. The van der Waals surface area contributed by atoms with Crippen molar-refractivity contribution in [2.75, 3.05) is 14.2 Å². The van der Waals surface area contributed by atoms with Gasteiger partial charge < -0.3 is 18.6 Å². The Balaban J connectivity index is 0.00000163. The molecule has 2 aromatic rings. The lowest BCUT2D eigenvalue weighted by Crippen LogP contribution is -2.11. The first-order valence-corrected chi connectivity index (χ1v) is 13.7. The van der Waals surface area contributed by atoms with Crippen molar-refractivity contribution >= 4 is 48.8 Å². The maximum Gasteiger partial charge on any atom is 0.420 e. The molecule has 7 nitrogen and oxygen atoms in total. The van der Waals surface area contributed by atoms with E-state index < -0.39 is 5.97 Å². The Hall–Kier alpha value is -1.37. The Morgan fingerprint density at radius 3 is 2.35 bits per heavy atom. The minimum atomic E-state index is -0.547. The van der Waals surface area contributed by atoms with Gasteiger partial charge in [0.05, 0.1) is 20.5 Å². The van der Waals surface area contributed by atoms with Gasteiger partial charge in [-0.05, 0) is 6.07 Å². The molecule has 0 saturated heterocycles. The maximum absolute atomic E-state index is 12.0. The summed E-state index contributed by atoms with van der Waals surface area (Å²) in [5, 5.41) is 7.86. The lowest BCUT2D eigenvalue weighted by molar-refractivity contribution is -0.133. The molecule has 0 unspecified atom stereocenters. The van der Waals surface area contributed by atoms with E-state index in [1.807, 2.05) is 20.8 Å². The molecule has 0 fully saturated rings. The summed E-state index contributed by atoms with van der Waals surface area (Å²) in [6.45, 7) is 5.86. The summed E-state index contributed by atoms with van der Waals surface area (Å²) in [7, 11) is 2.74. The molecule has 1 aromatic carbocycles. The lowest BCUT2D eigenvalue weighted by Gasteiger charge is -2.12. The average Bonchev–Trinajstić information content (AvgIpc) is 3.10. The Labute approximate surface area is 175 Å². The zero-order chi connectivity index (χ0) is 19.7. The summed E-state index contributed by atoms with van der Waals surface area (Å²) in [6.07, 6.45) is 1.29. The van der Waals surface area contributed by atoms with Gasteiger partial charge in [0.2, 0.25) is 5.89 Å². The van der Waals surface area contributed by atoms with Crippen LogP contribution in [0.25, 0.3) is 5.57 Å². The highest BCUT2D eigenvalue weighted by Gasteiger charge is 2.23. The molecule has 0 N–H and O–H groups in total. The number of aromatic nitrogens is 2. The standard InChI is InChI=1S/C17H20N2O5.I2/c1-17(2,3)15-18-19-16(24-15)23-13-9-7-6-8-11(13)12(10-21-4)14(20)22-5;1-2/h6-10H,1-5H3;/b12-10+;. The van der Waals surface area contributed by atoms with Gasteiger partial charge in [-0.1, -0.05) is 44.1 Å². The second-order valence-electron chi connectivity index (χ2n) is 5.98. The zero-order valence-corrected chi connectivity index (χ0v) is 19.4. The normalized spacial score (nSPS) is 11.3. The minimum Gasteiger partial charge on any atom is -0.503 e. The van der Waals surface area contributed by atoms with Crippen LogP contribution >= 0.6 is 37.2 Å². The molecule has 0 bridgehead atoms. The van der Waals surface area contributed by atoms with E-state index in [1.165, 1.54) is 20.5 Å². The van der Waals surface area contributed by atoms with Gasteiger partial charge in [0, 0.05) is 48.2 Å². The second-order valence-corrected chi connectivity index (χ2v) is 5.98. The third-order valence-corrected chi connectivity index (χ3v) is 3.06. The van der Waals surface area contributed by atoms with Crippen LogP contribution in [0.3, 0.4) is 0 Å². The Kier molecular flexibility index (Phi) is 9.33. The van der Waals surface area contributed by atoms with E-state index in [2.05, 4.69) is 47.4 Å². The Morgan fingerprint density at radius 2 is 1.81 bits per heavy atom. The van der Waals surface area contributed by atoms with Crippen molar-refractivity contribution in [3.8, 4) is 11.8 Å². The third-order valence-electron chi connectivity index (χ3n) is 3.06. The summed E-state index contributed by atoms with van der Waals surface area (Å²) < 4.78 is 20.9. The molecular weight excluding hydrogens is 566 g/mol. The number of rotatable bonds is 5. The SMILES string of the molecule is CO/C=C(/C(=O)OC)c1ccccc1Oc1nnc(C(C)(C)C)o1.II. The van der Waals surface area contributed by atoms with E-state index in [1.54, 1.807) is 24.3 Å². The fourth-order valence-corrected chi connectivity index (χ4v) is 1.88. The van der Waals surface area contributed by atoms with Gasteiger partial charge in [-0.3, -0.25) is 0 Å². The largest absolute Gasteiger partial charge is 0.503 e. The van der Waals surface area contributed by atoms with Gasteiger partial charge in [0.15, 0.2) is 0 Å². The monoisotopic (exact) mass is 586 g/mol. The molecule has 1 heterocycles. The first-order valence-electron chi connectivity index (χ1n) is 7.43. The molecule has 0 radical (unpaired) electrons. The maximum atomic E-state index is 12.0. The molecule has 0 aliphatic rings. The number of esters is 1. The molecule has 0 spiro atoms. The number of halogens is 2. The van der Waals surface area contributed by atoms with E-state index in [0.717, 1.165) is 0 Å². The van der Waals surface area contributed by atoms with E-state index in [-0.39, 0.29) is 17.1 Å². The summed E-state index contributed by atoms with van der Waals surface area (Å²) in [4.78, 5) is 12.0. The lowest BCUT2D eigenvalue weighted by atomic mass is 9.97. The fraction of sp³-hybridized carbons (Fsp3) is 0.353. The van der Waals surface area contributed by atoms with Crippen molar-refractivity contribution in [2.45, 2.75) is 26.2 Å². The summed E-state index contributed by atoms with van der Waals surface area (Å²) in [5.74, 6) is 0.278. The quantitative estimate of drug-likeness (QED) is 0.209. The zero-order valence-electron chi connectivity index (χ0n) is 15.1. The number of benzene rings is 1. The van der Waals surface area contributed by atoms with Gasteiger partial charge in [-0.25, -0.2) is 4.79 Å². The highest BCUT2D eigenvalue weighted by atomic mass is 128. The molecule has 1 aromatic heterocycles. The van der Waals surface area contributed by atoms with Crippen molar-refractivity contribution in [1.29, 1.82) is 0 Å². The number of ether oxygens (including phenoxy) is 3. The van der Waals surface area contributed by atoms with Crippen LogP contribution in [-0.2, 0) is 19.7 Å². The van der Waals surface area contributed by atoms with Crippen LogP contribution < -0.4 is 4.74 Å². The van der Waals surface area contributed by atoms with Gasteiger partial charge in [0.25, 0.3) is 0 Å². The molecule has 0 amide bonds. The average molecular weight is 586 g/mol. The second kappa shape index (κ2) is 10.7. The van der Waals surface area contributed by atoms with Crippen LogP contribution in [-0.4, -0.2) is 30.4 Å². The van der Waals surface area contributed by atoms with E-state index in [4.69, 9.17) is 18.6 Å². The Morgan fingerprint density at radius 1 is 1.15 bits per heavy atom. The number of carbonyl (C=O) groups is 1. The number of para-hydroxylation sites is 1. The van der Waals surface area contributed by atoms with Crippen molar-refractivity contribution < 1.29 is 23.4 Å². The van der Waals surface area contributed by atoms with Crippen LogP contribution in [0.4, 0.5) is 0 Å². The minimum absolute atomic E-state index is 0.00555. The highest BCUT2D eigenvalue weighted by molar-refractivity contribution is 15.0. The van der Waals surface area contributed by atoms with E-state index >= 15 is 0 Å². The molecule has 0 saturated carbocycles. The summed E-state index contributed by atoms with van der Waals surface area (Å²) in [5.41, 5.74) is 0.411. The van der Waals surface area contributed by atoms with Gasteiger partial charge in [-0.2, -0.15) is 0 Å². The van der Waals surface area contributed by atoms with Crippen molar-refractivity contribution in [2.24, 2.45) is 0 Å². The molecule has 0 aliphatic carbocycles. The number of hydrogen-bond acceptors (Lipinski definition) is 7. The van der Waals surface area contributed by atoms with Gasteiger partial charge in [0.1, 0.15) is 11.3 Å². The molecule has 2 rings (SSSR count). The fourth-order valence-electron chi connectivity index (χ4n) is 1.88. The van der Waals surface area contributed by atoms with Gasteiger partial charge in [-0.15, -0.1) is 5.10 Å². The van der Waals surface area contributed by atoms with Crippen LogP contribution in [0, 0.1) is 0 Å². The van der Waals surface area contributed by atoms with Crippen molar-refractivity contribution in [3.63, 3.8) is 0 Å². The van der Waals surface area contributed by atoms with Crippen molar-refractivity contribution in [3.05, 3.63) is 42.0 Å². The van der Waals surface area contributed by atoms with Gasteiger partial charge >= 0.3 is 12.0 Å². The number of nitrogens with zero attached hydrogens (tertiary/aromatic N) is 2. The molecule has 142 valence electrons. The predicted octanol–water partition coefficient (Wildman–Crippen LogP) is 5.09. The van der Waals surface area contributed by atoms with E-state index in [0.29, 0.717) is 17.2 Å². The first-order chi connectivity index (χ1) is 12.4. The van der Waals surface area contributed by atoms with Crippen LogP contribution in [0.1, 0.15) is 32.2 Å². The topological polar surface area (TPSA) is 83.7 Å². The van der Waals surface area contributed by atoms with Crippen LogP contribution in [0.15, 0.2) is 34.9 Å². The highest BCUT2D eigenvalue weighted by Crippen LogP contribution is 2.31. The number of carbonyl (C=O) groups excluding carboxylic acids is 1. The number of methoxy groups -OCH3 is 2. The third kappa shape index (κ3) is 6.11. The first kappa shape index (κ1) is 22.7. The smallest absolute Gasteiger partial charge is 0.420 e. The molecule has 0 aliphatic heterocycles. The molecule has 9 heteroatoms. The number of hydrogen-bond donors (Lipinski definition) is 0. The van der Waals surface area contributed by atoms with Crippen LogP contribution in [0.2, 0.25) is 0 Å². The molecule has 0 atom stereocenters. The summed E-state index contributed by atoms with van der Waals surface area (Å²) in [6, 6.07) is 6.92. The molecular formula is C17H20I2N2O5. The molecule has 26 heavy (non-hydrogen) atoms. The van der Waals surface area contributed by atoms with Crippen molar-refractivity contribution in [1.82, 2.24) is 10.2 Å². The van der Waals surface area contributed by atoms with Crippen LogP contribution in [0.5, 0.6) is 11.8 Å². The summed E-state index contributed by atoms with van der Waals surface area (Å²) >= 11 is 4.24. The Bertz CT molecular complexity index is 754.